The lowest BCUT2D eigenvalue weighted by molar-refractivity contribution is -0.137. The lowest BCUT2D eigenvalue weighted by Gasteiger charge is -2.16. The average Bonchev–Trinajstić information content (AvgIpc) is 3.35. The minimum Gasteiger partial charge on any atom is -0.338 e. The van der Waals surface area contributed by atoms with Gasteiger partial charge in [0.05, 0.1) is 5.56 Å². The highest BCUT2D eigenvalue weighted by Gasteiger charge is 2.34. The molecule has 0 N–H and O–H groups in total. The van der Waals surface area contributed by atoms with Crippen LogP contribution in [0.2, 0.25) is 0 Å². The van der Waals surface area contributed by atoms with Gasteiger partial charge < -0.3 is 9.42 Å². The van der Waals surface area contributed by atoms with Crippen LogP contribution in [0.1, 0.15) is 41.8 Å². The third-order valence-electron chi connectivity index (χ3n) is 5.29. The highest BCUT2D eigenvalue weighted by atomic mass is 19.4. The standard InChI is InChI=1S/C22H20F3N3O2/c1-2-14-3-5-15(6-4-14)12-28-13-17(11-19(28)29)20-26-21(30-27-20)16-7-9-18(10-8-16)22(23,24)25/h3-10,17H,2,11-13H2,1H3. The van der Waals surface area contributed by atoms with E-state index in [0.29, 0.717) is 24.5 Å². The number of aromatic nitrogens is 2. The van der Waals surface area contributed by atoms with Crippen LogP contribution in [-0.2, 0) is 23.9 Å². The van der Waals surface area contributed by atoms with E-state index in [9.17, 15) is 18.0 Å². The van der Waals surface area contributed by atoms with Gasteiger partial charge in [0.15, 0.2) is 5.82 Å². The first-order valence-electron chi connectivity index (χ1n) is 9.70. The zero-order valence-corrected chi connectivity index (χ0v) is 16.3. The SMILES string of the molecule is CCc1ccc(CN2CC(c3noc(-c4ccc(C(F)(F)F)cc4)n3)CC2=O)cc1. The number of aryl methyl sites for hydroxylation is 1. The molecule has 156 valence electrons. The maximum atomic E-state index is 12.7. The van der Waals surface area contributed by atoms with Gasteiger partial charge in [0, 0.05) is 31.0 Å². The molecule has 0 saturated carbocycles. The van der Waals surface area contributed by atoms with Gasteiger partial charge in [-0.1, -0.05) is 36.3 Å². The predicted octanol–water partition coefficient (Wildman–Crippen LogP) is 4.83. The summed E-state index contributed by atoms with van der Waals surface area (Å²) < 4.78 is 43.4. The second kappa shape index (κ2) is 7.93. The summed E-state index contributed by atoms with van der Waals surface area (Å²) in [6.45, 7) is 3.08. The molecule has 1 aromatic heterocycles. The maximum Gasteiger partial charge on any atom is 0.416 e. The number of hydrogen-bond acceptors (Lipinski definition) is 4. The van der Waals surface area contributed by atoms with Crippen LogP contribution in [0.15, 0.2) is 53.1 Å². The molecule has 1 fully saturated rings. The molecule has 1 unspecified atom stereocenters. The largest absolute Gasteiger partial charge is 0.416 e. The number of halogens is 3. The van der Waals surface area contributed by atoms with Gasteiger partial charge in [0.25, 0.3) is 5.89 Å². The molecule has 2 aromatic carbocycles. The second-order valence-corrected chi connectivity index (χ2v) is 7.38. The fourth-order valence-electron chi connectivity index (χ4n) is 3.52. The number of rotatable bonds is 5. The number of nitrogens with zero attached hydrogens (tertiary/aromatic N) is 3. The Labute approximate surface area is 171 Å². The molecule has 1 aliphatic heterocycles. The quantitative estimate of drug-likeness (QED) is 0.599. The van der Waals surface area contributed by atoms with Gasteiger partial charge in [0.2, 0.25) is 5.91 Å². The smallest absolute Gasteiger partial charge is 0.338 e. The summed E-state index contributed by atoms with van der Waals surface area (Å²) in [5.74, 6) is 0.335. The summed E-state index contributed by atoms with van der Waals surface area (Å²) in [6.07, 6.45) is -3.16. The van der Waals surface area contributed by atoms with Crippen LogP contribution < -0.4 is 0 Å². The number of carbonyl (C=O) groups excluding carboxylic acids is 1. The normalized spacial score (nSPS) is 17.0. The molecule has 1 saturated heterocycles. The fourth-order valence-corrected chi connectivity index (χ4v) is 3.52. The van der Waals surface area contributed by atoms with E-state index in [2.05, 4.69) is 29.2 Å². The van der Waals surface area contributed by atoms with E-state index in [1.807, 2.05) is 12.1 Å². The van der Waals surface area contributed by atoms with Crippen LogP contribution in [-0.4, -0.2) is 27.5 Å². The molecule has 30 heavy (non-hydrogen) atoms. The summed E-state index contributed by atoms with van der Waals surface area (Å²) in [5, 5.41) is 3.96. The predicted molar refractivity (Wildman–Crippen MR) is 103 cm³/mol. The zero-order valence-electron chi connectivity index (χ0n) is 16.3. The van der Waals surface area contributed by atoms with E-state index in [1.165, 1.54) is 17.7 Å². The monoisotopic (exact) mass is 415 g/mol. The third kappa shape index (κ3) is 4.22. The highest BCUT2D eigenvalue weighted by molar-refractivity contribution is 5.79. The van der Waals surface area contributed by atoms with Crippen LogP contribution >= 0.6 is 0 Å². The molecule has 1 amide bonds. The van der Waals surface area contributed by atoms with Crippen molar-refractivity contribution in [3.63, 3.8) is 0 Å². The van der Waals surface area contributed by atoms with Gasteiger partial charge in [-0.2, -0.15) is 18.2 Å². The van der Waals surface area contributed by atoms with Crippen LogP contribution in [0.3, 0.4) is 0 Å². The number of benzene rings is 2. The van der Waals surface area contributed by atoms with E-state index >= 15 is 0 Å². The molecule has 3 aromatic rings. The van der Waals surface area contributed by atoms with Gasteiger partial charge in [-0.05, 0) is 41.8 Å². The maximum absolute atomic E-state index is 12.7. The van der Waals surface area contributed by atoms with Crippen molar-refractivity contribution in [2.24, 2.45) is 0 Å². The molecule has 0 radical (unpaired) electrons. The lowest BCUT2D eigenvalue weighted by atomic mass is 10.1. The Morgan fingerprint density at radius 3 is 2.37 bits per heavy atom. The van der Waals surface area contributed by atoms with E-state index in [4.69, 9.17) is 4.52 Å². The van der Waals surface area contributed by atoms with Crippen molar-refractivity contribution in [1.29, 1.82) is 0 Å². The van der Waals surface area contributed by atoms with E-state index < -0.39 is 11.7 Å². The Hall–Kier alpha value is -3.16. The van der Waals surface area contributed by atoms with Crippen LogP contribution in [0.25, 0.3) is 11.5 Å². The molecule has 0 spiro atoms. The molecule has 1 aliphatic rings. The minimum absolute atomic E-state index is 0.0143. The van der Waals surface area contributed by atoms with E-state index in [0.717, 1.165) is 24.1 Å². The first kappa shape index (κ1) is 20.1. The summed E-state index contributed by atoms with van der Waals surface area (Å²) in [6, 6.07) is 12.7. The van der Waals surface area contributed by atoms with Crippen molar-refractivity contribution in [1.82, 2.24) is 15.0 Å². The lowest BCUT2D eigenvalue weighted by Crippen LogP contribution is -2.24. The van der Waals surface area contributed by atoms with Crippen molar-refractivity contribution in [3.8, 4) is 11.5 Å². The number of likely N-dealkylation sites (tertiary alicyclic amines) is 1. The van der Waals surface area contributed by atoms with Crippen LogP contribution in [0.4, 0.5) is 13.2 Å². The van der Waals surface area contributed by atoms with Gasteiger partial charge in [-0.25, -0.2) is 0 Å². The number of amides is 1. The summed E-state index contributed by atoms with van der Waals surface area (Å²) >= 11 is 0. The number of carbonyl (C=O) groups is 1. The molecule has 0 aliphatic carbocycles. The fraction of sp³-hybridized carbons (Fsp3) is 0.318. The first-order chi connectivity index (χ1) is 14.3. The summed E-state index contributed by atoms with van der Waals surface area (Å²) in [5.41, 5.74) is 1.96. The van der Waals surface area contributed by atoms with Crippen molar-refractivity contribution in [2.45, 2.75) is 38.4 Å². The summed E-state index contributed by atoms with van der Waals surface area (Å²) in [7, 11) is 0. The second-order valence-electron chi connectivity index (χ2n) is 7.38. The third-order valence-corrected chi connectivity index (χ3v) is 5.29. The molecule has 4 rings (SSSR count). The molecule has 0 bridgehead atoms. The van der Waals surface area contributed by atoms with Crippen molar-refractivity contribution in [3.05, 3.63) is 71.0 Å². The Balaban J connectivity index is 1.44. The van der Waals surface area contributed by atoms with E-state index in [1.54, 1.807) is 4.90 Å². The first-order valence-corrected chi connectivity index (χ1v) is 9.70. The van der Waals surface area contributed by atoms with Gasteiger partial charge in [-0.3, -0.25) is 4.79 Å². The Bertz CT molecular complexity index is 1030. The molecular weight excluding hydrogens is 395 g/mol. The zero-order chi connectivity index (χ0) is 21.3. The summed E-state index contributed by atoms with van der Waals surface area (Å²) in [4.78, 5) is 18.5. The Morgan fingerprint density at radius 1 is 1.07 bits per heavy atom. The van der Waals surface area contributed by atoms with Gasteiger partial charge >= 0.3 is 6.18 Å². The minimum atomic E-state index is -4.40. The Kier molecular flexibility index (Phi) is 5.32. The van der Waals surface area contributed by atoms with Crippen molar-refractivity contribution in [2.75, 3.05) is 6.54 Å². The van der Waals surface area contributed by atoms with Gasteiger partial charge in [-0.15, -0.1) is 0 Å². The highest BCUT2D eigenvalue weighted by Crippen LogP contribution is 2.32. The molecule has 2 heterocycles. The average molecular weight is 415 g/mol. The number of alkyl halides is 3. The molecule has 8 heteroatoms. The van der Waals surface area contributed by atoms with Crippen LogP contribution in [0, 0.1) is 0 Å². The number of hydrogen-bond donors (Lipinski definition) is 0. The van der Waals surface area contributed by atoms with E-state index in [-0.39, 0.29) is 24.1 Å². The van der Waals surface area contributed by atoms with Crippen molar-refractivity contribution >= 4 is 5.91 Å². The molecule has 1 atom stereocenters. The van der Waals surface area contributed by atoms with Gasteiger partial charge in [0.1, 0.15) is 0 Å². The van der Waals surface area contributed by atoms with Crippen molar-refractivity contribution < 1.29 is 22.5 Å². The topological polar surface area (TPSA) is 59.2 Å². The molecule has 5 nitrogen and oxygen atoms in total. The Morgan fingerprint density at radius 2 is 1.73 bits per heavy atom. The molecular formula is C22H20F3N3O2. The van der Waals surface area contributed by atoms with Crippen LogP contribution in [0.5, 0.6) is 0 Å².